The molecule has 0 aliphatic heterocycles. The molecule has 0 spiro atoms. The Morgan fingerprint density at radius 3 is 2.50 bits per heavy atom. The van der Waals surface area contributed by atoms with Gasteiger partial charge in [0.1, 0.15) is 6.42 Å². The maximum Gasteiger partial charge on any atom is 0.233 e. The number of carbonyl (C=O) groups excluding carboxylic acids is 2. The summed E-state index contributed by atoms with van der Waals surface area (Å²) >= 11 is 0. The van der Waals surface area contributed by atoms with E-state index in [2.05, 4.69) is 16.7 Å². The van der Waals surface area contributed by atoms with Crippen LogP contribution in [-0.4, -0.2) is 17.9 Å². The molecule has 1 aromatic carbocycles. The highest BCUT2D eigenvalue weighted by Gasteiger charge is 2.16. The molecule has 4 heteroatoms. The van der Waals surface area contributed by atoms with E-state index in [-0.39, 0.29) is 24.3 Å². The summed E-state index contributed by atoms with van der Waals surface area (Å²) < 4.78 is 0. The number of hydrogen-bond donors (Lipinski definition) is 2. The Kier molecular flexibility index (Phi) is 5.75. The molecule has 0 radical (unpaired) electrons. The lowest BCUT2D eigenvalue weighted by atomic mass is 9.95. The molecule has 1 aliphatic rings. The molecule has 2 rings (SSSR count). The van der Waals surface area contributed by atoms with Crippen molar-refractivity contribution in [2.45, 2.75) is 52.0 Å². The fourth-order valence-corrected chi connectivity index (χ4v) is 2.63. The lowest BCUT2D eigenvalue weighted by Gasteiger charge is -2.20. The molecule has 2 N–H and O–H groups in total. The summed E-state index contributed by atoms with van der Waals surface area (Å²) in [5.41, 5.74) is 3.12. The number of rotatable bonds is 5. The molecule has 0 unspecified atom stereocenters. The van der Waals surface area contributed by atoms with Crippen LogP contribution in [0.25, 0.3) is 0 Å². The molecular weight excluding hydrogens is 276 g/mol. The second kappa shape index (κ2) is 7.78. The third-order valence-electron chi connectivity index (χ3n) is 3.92. The summed E-state index contributed by atoms with van der Waals surface area (Å²) in [6.07, 6.45) is 6.59. The van der Waals surface area contributed by atoms with E-state index in [0.29, 0.717) is 5.69 Å². The topological polar surface area (TPSA) is 58.2 Å². The van der Waals surface area contributed by atoms with Gasteiger partial charge >= 0.3 is 0 Å². The molecule has 4 nitrogen and oxygen atoms in total. The van der Waals surface area contributed by atoms with Crippen molar-refractivity contribution in [2.24, 2.45) is 0 Å². The van der Waals surface area contributed by atoms with Gasteiger partial charge in [-0.25, -0.2) is 0 Å². The first kappa shape index (κ1) is 16.3. The van der Waals surface area contributed by atoms with Gasteiger partial charge in [-0.1, -0.05) is 29.3 Å². The molecule has 0 fully saturated rings. The Balaban J connectivity index is 1.79. The Morgan fingerprint density at radius 2 is 1.86 bits per heavy atom. The van der Waals surface area contributed by atoms with Crippen LogP contribution in [-0.2, 0) is 9.59 Å². The van der Waals surface area contributed by atoms with Crippen LogP contribution >= 0.6 is 0 Å². The lowest BCUT2D eigenvalue weighted by Crippen LogP contribution is -2.36. The number of carbonyl (C=O) groups is 2. The van der Waals surface area contributed by atoms with Gasteiger partial charge in [-0.3, -0.25) is 9.59 Å². The Morgan fingerprint density at radius 1 is 1.14 bits per heavy atom. The van der Waals surface area contributed by atoms with Gasteiger partial charge in [-0.2, -0.15) is 0 Å². The monoisotopic (exact) mass is 300 g/mol. The summed E-state index contributed by atoms with van der Waals surface area (Å²) in [5, 5.41) is 5.65. The number of anilines is 1. The summed E-state index contributed by atoms with van der Waals surface area (Å²) in [7, 11) is 0. The zero-order valence-corrected chi connectivity index (χ0v) is 13.3. The largest absolute Gasteiger partial charge is 0.349 e. The fourth-order valence-electron chi connectivity index (χ4n) is 2.63. The Bertz CT molecular complexity index is 561. The van der Waals surface area contributed by atoms with Crippen LogP contribution in [0.3, 0.4) is 0 Å². The van der Waals surface area contributed by atoms with Crippen molar-refractivity contribution in [1.82, 2.24) is 5.32 Å². The van der Waals surface area contributed by atoms with E-state index in [1.165, 1.54) is 18.4 Å². The van der Waals surface area contributed by atoms with Gasteiger partial charge in [0, 0.05) is 11.7 Å². The predicted molar refractivity (Wildman–Crippen MR) is 88.6 cm³/mol. The number of amides is 2. The maximum atomic E-state index is 12.0. The average molecular weight is 300 g/mol. The van der Waals surface area contributed by atoms with E-state index in [1.807, 2.05) is 38.1 Å². The standard InChI is InChI=1S/C18H24N2O2/c1-13-8-10-16(11-9-13)20-18(22)12-17(21)19-14(2)15-6-4-3-5-7-15/h6,8-11,14H,3-5,7,12H2,1-2H3,(H,19,21)(H,20,22)/t14-/m0/s1. The molecule has 0 saturated heterocycles. The van der Waals surface area contributed by atoms with Crippen molar-refractivity contribution >= 4 is 17.5 Å². The van der Waals surface area contributed by atoms with Crippen LogP contribution in [0.2, 0.25) is 0 Å². The normalized spacial score (nSPS) is 15.6. The van der Waals surface area contributed by atoms with Crippen molar-refractivity contribution in [3.8, 4) is 0 Å². The summed E-state index contributed by atoms with van der Waals surface area (Å²) in [6, 6.07) is 7.53. The van der Waals surface area contributed by atoms with Gasteiger partial charge < -0.3 is 10.6 Å². The number of benzene rings is 1. The molecule has 22 heavy (non-hydrogen) atoms. The summed E-state index contributed by atoms with van der Waals surface area (Å²) in [6.45, 7) is 3.97. The summed E-state index contributed by atoms with van der Waals surface area (Å²) in [5.74, 6) is -0.519. The molecule has 2 amide bonds. The van der Waals surface area contributed by atoms with Crippen LogP contribution < -0.4 is 10.6 Å². The second-order valence-electron chi connectivity index (χ2n) is 5.91. The maximum absolute atomic E-state index is 12.0. The van der Waals surface area contributed by atoms with Crippen LogP contribution in [0, 0.1) is 6.92 Å². The first-order valence-electron chi connectivity index (χ1n) is 7.89. The number of hydrogen-bond acceptors (Lipinski definition) is 2. The summed E-state index contributed by atoms with van der Waals surface area (Å²) in [4.78, 5) is 23.8. The fraction of sp³-hybridized carbons (Fsp3) is 0.444. The van der Waals surface area contributed by atoms with Gasteiger partial charge in [-0.15, -0.1) is 0 Å². The van der Waals surface area contributed by atoms with Crippen molar-refractivity contribution in [2.75, 3.05) is 5.32 Å². The zero-order valence-electron chi connectivity index (χ0n) is 13.3. The zero-order chi connectivity index (χ0) is 15.9. The minimum Gasteiger partial charge on any atom is -0.349 e. The van der Waals surface area contributed by atoms with Crippen molar-refractivity contribution in [1.29, 1.82) is 0 Å². The molecule has 1 atom stereocenters. The molecule has 0 heterocycles. The highest BCUT2D eigenvalue weighted by Crippen LogP contribution is 2.20. The molecule has 0 bridgehead atoms. The van der Waals surface area contributed by atoms with Crippen LogP contribution in [0.4, 0.5) is 5.69 Å². The quantitative estimate of drug-likeness (QED) is 0.647. The third-order valence-corrected chi connectivity index (χ3v) is 3.92. The Hall–Kier alpha value is -2.10. The smallest absolute Gasteiger partial charge is 0.233 e. The van der Waals surface area contributed by atoms with Gasteiger partial charge in [0.15, 0.2) is 0 Å². The average Bonchev–Trinajstić information content (AvgIpc) is 2.50. The van der Waals surface area contributed by atoms with Crippen LogP contribution in [0.15, 0.2) is 35.9 Å². The SMILES string of the molecule is Cc1ccc(NC(=O)CC(=O)N[C@@H](C)C2=CCCCC2)cc1. The van der Waals surface area contributed by atoms with Gasteiger partial charge in [0.25, 0.3) is 0 Å². The molecule has 0 saturated carbocycles. The van der Waals surface area contributed by atoms with Gasteiger partial charge in [0.05, 0.1) is 0 Å². The molecule has 118 valence electrons. The predicted octanol–water partition coefficient (Wildman–Crippen LogP) is 3.33. The van der Waals surface area contributed by atoms with Crippen molar-refractivity contribution in [3.63, 3.8) is 0 Å². The van der Waals surface area contributed by atoms with Crippen molar-refractivity contribution in [3.05, 3.63) is 41.5 Å². The van der Waals surface area contributed by atoms with Gasteiger partial charge in [-0.05, 0) is 51.7 Å². The number of allylic oxidation sites excluding steroid dienone is 1. The first-order valence-corrected chi connectivity index (χ1v) is 7.89. The van der Waals surface area contributed by atoms with E-state index in [9.17, 15) is 9.59 Å². The van der Waals surface area contributed by atoms with E-state index >= 15 is 0 Å². The second-order valence-corrected chi connectivity index (χ2v) is 5.91. The minimum atomic E-state index is -0.286. The van der Waals surface area contributed by atoms with E-state index in [0.717, 1.165) is 18.4 Å². The third kappa shape index (κ3) is 5.02. The minimum absolute atomic E-state index is 0.0139. The molecular formula is C18H24N2O2. The molecule has 1 aromatic rings. The highest BCUT2D eigenvalue weighted by molar-refractivity contribution is 6.03. The lowest BCUT2D eigenvalue weighted by molar-refractivity contribution is -0.127. The molecule has 1 aliphatic carbocycles. The van der Waals surface area contributed by atoms with Gasteiger partial charge in [0.2, 0.25) is 11.8 Å². The van der Waals surface area contributed by atoms with Crippen LogP contribution in [0.1, 0.15) is 44.6 Å². The van der Waals surface area contributed by atoms with E-state index in [1.54, 1.807) is 0 Å². The molecule has 0 aromatic heterocycles. The Labute approximate surface area is 132 Å². The number of nitrogens with one attached hydrogen (secondary N) is 2. The van der Waals surface area contributed by atoms with E-state index in [4.69, 9.17) is 0 Å². The highest BCUT2D eigenvalue weighted by atomic mass is 16.2. The number of aryl methyl sites for hydroxylation is 1. The van der Waals surface area contributed by atoms with Crippen LogP contribution in [0.5, 0.6) is 0 Å². The van der Waals surface area contributed by atoms with Crippen molar-refractivity contribution < 1.29 is 9.59 Å². The van der Waals surface area contributed by atoms with E-state index < -0.39 is 0 Å². The first-order chi connectivity index (χ1) is 10.5.